The molecule has 0 aliphatic heterocycles. The molecule has 11 atom stereocenters. The number of aliphatic hydroxyl groups excluding tert-OH is 3. The van der Waals surface area contributed by atoms with E-state index < -0.39 is 69.2 Å². The van der Waals surface area contributed by atoms with E-state index in [0.29, 0.717) is 37.7 Å². The molecule has 36 heavy (non-hydrogen) atoms. The Balaban J connectivity index is 1.71. The predicted octanol–water partition coefficient (Wildman–Crippen LogP) is 1.21. The van der Waals surface area contributed by atoms with E-state index in [1.54, 1.807) is 34.6 Å². The largest absolute Gasteiger partial charge is 0.390 e. The van der Waals surface area contributed by atoms with E-state index in [1.807, 2.05) is 6.92 Å². The number of carbonyl (C=O) groups excluding carboxylic acids is 1. The maximum atomic E-state index is 13.4. The number of fused-ring (bicyclic) bond motifs is 5. The van der Waals surface area contributed by atoms with Crippen molar-refractivity contribution in [1.29, 1.82) is 0 Å². The van der Waals surface area contributed by atoms with Gasteiger partial charge in [0.2, 0.25) is 0 Å². The van der Waals surface area contributed by atoms with Crippen molar-refractivity contribution in [3.63, 3.8) is 0 Å². The minimum absolute atomic E-state index is 0.0412. The van der Waals surface area contributed by atoms with Crippen LogP contribution in [0, 0.1) is 28.6 Å². The molecule has 0 spiro atoms. The fraction of sp³-hybridized carbons (Fsp3) is 0.893. The van der Waals surface area contributed by atoms with Crippen LogP contribution in [0.25, 0.3) is 0 Å². The van der Waals surface area contributed by atoms with Crippen LogP contribution in [0.5, 0.6) is 0 Å². The van der Waals surface area contributed by atoms with E-state index in [9.17, 15) is 40.5 Å². The zero-order valence-corrected chi connectivity index (χ0v) is 22.5. The van der Waals surface area contributed by atoms with Crippen molar-refractivity contribution in [3.8, 4) is 0 Å². The first-order valence-electron chi connectivity index (χ1n) is 13.4. The van der Waals surface area contributed by atoms with E-state index in [4.69, 9.17) is 0 Å². The average molecular weight is 511 g/mol. The molecule has 0 aromatic heterocycles. The molecule has 3 fully saturated rings. The quantitative estimate of drug-likeness (QED) is 0.291. The Morgan fingerprint density at radius 2 is 1.56 bits per heavy atom. The van der Waals surface area contributed by atoms with Crippen molar-refractivity contribution in [2.75, 3.05) is 0 Å². The van der Waals surface area contributed by atoms with Crippen LogP contribution in [0.15, 0.2) is 11.6 Å². The third-order valence-corrected chi connectivity index (χ3v) is 11.0. The topological polar surface area (TPSA) is 159 Å². The van der Waals surface area contributed by atoms with Crippen molar-refractivity contribution in [2.24, 2.45) is 28.6 Å². The molecule has 8 heteroatoms. The molecule has 8 nitrogen and oxygen atoms in total. The van der Waals surface area contributed by atoms with Gasteiger partial charge in [0.1, 0.15) is 5.60 Å². The van der Waals surface area contributed by atoms with Gasteiger partial charge in [0.15, 0.2) is 5.78 Å². The summed E-state index contributed by atoms with van der Waals surface area (Å²) in [7, 11) is 0. The summed E-state index contributed by atoms with van der Waals surface area (Å²) in [6.07, 6.45) is -0.194. The van der Waals surface area contributed by atoms with Crippen molar-refractivity contribution in [3.05, 3.63) is 11.6 Å². The molecule has 0 bridgehead atoms. The summed E-state index contributed by atoms with van der Waals surface area (Å²) in [6.45, 7) is 10.4. The lowest BCUT2D eigenvalue weighted by molar-refractivity contribution is -0.213. The lowest BCUT2D eigenvalue weighted by Crippen LogP contribution is -2.69. The Bertz CT molecular complexity index is 938. The summed E-state index contributed by atoms with van der Waals surface area (Å²) in [5.74, 6) is -1.80. The van der Waals surface area contributed by atoms with E-state index in [0.717, 1.165) is 0 Å². The SMILES string of the molecule is CC(CC(C)(C)O)C(O)C(C)(O)C1CCC2(O)C3=CC(=O)C4(O)CC(O)C(O)CC4(C)C3CCC12C. The first kappa shape index (κ1) is 28.1. The molecule has 0 aromatic carbocycles. The van der Waals surface area contributed by atoms with Crippen LogP contribution in [-0.2, 0) is 4.79 Å². The zero-order valence-electron chi connectivity index (χ0n) is 22.5. The van der Waals surface area contributed by atoms with Crippen LogP contribution in [0.3, 0.4) is 0 Å². The molecule has 0 heterocycles. The van der Waals surface area contributed by atoms with Gasteiger partial charge in [-0.2, -0.15) is 0 Å². The predicted molar refractivity (Wildman–Crippen MR) is 133 cm³/mol. The van der Waals surface area contributed by atoms with Gasteiger partial charge < -0.3 is 35.7 Å². The summed E-state index contributed by atoms with van der Waals surface area (Å²) in [4.78, 5) is 13.4. The lowest BCUT2D eigenvalue weighted by atomic mass is 9.44. The molecule has 206 valence electrons. The van der Waals surface area contributed by atoms with Gasteiger partial charge in [0.25, 0.3) is 0 Å². The smallest absolute Gasteiger partial charge is 0.187 e. The first-order valence-corrected chi connectivity index (χ1v) is 13.4. The highest BCUT2D eigenvalue weighted by Crippen LogP contribution is 2.69. The Hall–Kier alpha value is -0.870. The van der Waals surface area contributed by atoms with Gasteiger partial charge in [-0.15, -0.1) is 0 Å². The molecular formula is C28H46O8. The molecule has 4 aliphatic rings. The van der Waals surface area contributed by atoms with Crippen molar-refractivity contribution >= 4 is 5.78 Å². The molecule has 0 radical (unpaired) electrons. The third kappa shape index (κ3) is 3.70. The highest BCUT2D eigenvalue weighted by molar-refractivity contribution is 6.00. The summed E-state index contributed by atoms with van der Waals surface area (Å²) in [6, 6.07) is 0. The van der Waals surface area contributed by atoms with Crippen LogP contribution in [0.2, 0.25) is 0 Å². The van der Waals surface area contributed by atoms with Gasteiger partial charge >= 0.3 is 0 Å². The summed E-state index contributed by atoms with van der Waals surface area (Å²) in [5.41, 5.74) is -7.16. The molecule has 0 aromatic rings. The summed E-state index contributed by atoms with van der Waals surface area (Å²) >= 11 is 0. The fourth-order valence-corrected chi connectivity index (χ4v) is 8.97. The third-order valence-electron chi connectivity index (χ3n) is 11.0. The van der Waals surface area contributed by atoms with Crippen LogP contribution in [0.4, 0.5) is 0 Å². The van der Waals surface area contributed by atoms with Crippen LogP contribution in [-0.4, -0.2) is 82.2 Å². The second-order valence-electron chi connectivity index (χ2n) is 13.9. The van der Waals surface area contributed by atoms with Crippen molar-refractivity contribution in [1.82, 2.24) is 0 Å². The summed E-state index contributed by atoms with van der Waals surface area (Å²) in [5, 5.41) is 77.7. The first-order chi connectivity index (χ1) is 16.2. The highest BCUT2D eigenvalue weighted by atomic mass is 16.3. The van der Waals surface area contributed by atoms with Gasteiger partial charge in [0.05, 0.1) is 35.1 Å². The number of hydrogen-bond donors (Lipinski definition) is 7. The highest BCUT2D eigenvalue weighted by Gasteiger charge is 2.72. The Morgan fingerprint density at radius 1 is 0.972 bits per heavy atom. The molecular weight excluding hydrogens is 464 g/mol. The number of aliphatic hydroxyl groups is 7. The molecule has 0 amide bonds. The maximum absolute atomic E-state index is 13.4. The molecule has 7 N–H and O–H groups in total. The lowest BCUT2D eigenvalue weighted by Gasteiger charge is -2.62. The average Bonchev–Trinajstić information content (AvgIpc) is 3.02. The second kappa shape index (κ2) is 8.31. The van der Waals surface area contributed by atoms with Crippen LogP contribution in [0.1, 0.15) is 86.5 Å². The van der Waals surface area contributed by atoms with Gasteiger partial charge in [-0.1, -0.05) is 20.8 Å². The fourth-order valence-electron chi connectivity index (χ4n) is 8.97. The molecule has 4 rings (SSSR count). The van der Waals surface area contributed by atoms with Gasteiger partial charge in [-0.25, -0.2) is 0 Å². The number of carbonyl (C=O) groups is 1. The van der Waals surface area contributed by atoms with E-state index in [1.165, 1.54) is 6.08 Å². The Labute approximate surface area is 214 Å². The Kier molecular flexibility index (Phi) is 6.50. The number of rotatable bonds is 5. The number of hydrogen-bond acceptors (Lipinski definition) is 8. The van der Waals surface area contributed by atoms with Crippen LogP contribution >= 0.6 is 0 Å². The van der Waals surface area contributed by atoms with Crippen molar-refractivity contribution in [2.45, 2.75) is 127 Å². The zero-order chi connectivity index (χ0) is 27.3. The number of ketones is 1. The minimum atomic E-state index is -1.82. The molecule has 3 saturated carbocycles. The minimum Gasteiger partial charge on any atom is -0.390 e. The van der Waals surface area contributed by atoms with E-state index >= 15 is 0 Å². The van der Waals surface area contributed by atoms with E-state index in [-0.39, 0.29) is 18.8 Å². The van der Waals surface area contributed by atoms with E-state index in [2.05, 4.69) is 0 Å². The molecule has 0 saturated heterocycles. The normalized spacial score (nSPS) is 48.2. The van der Waals surface area contributed by atoms with Crippen LogP contribution < -0.4 is 0 Å². The Morgan fingerprint density at radius 3 is 2.14 bits per heavy atom. The summed E-state index contributed by atoms with van der Waals surface area (Å²) < 4.78 is 0. The second-order valence-corrected chi connectivity index (χ2v) is 13.9. The van der Waals surface area contributed by atoms with Crippen molar-refractivity contribution < 1.29 is 40.5 Å². The van der Waals surface area contributed by atoms with Gasteiger partial charge in [0, 0.05) is 17.3 Å². The molecule has 4 aliphatic carbocycles. The standard InChI is InChI=1S/C28H46O8/c1-15(12-23(2,3)33)22(32)26(6,34)20-8-10-27(35)17-11-21(31)28(36)14-19(30)18(29)13-25(28,5)16(17)7-9-24(20,27)4/h11,15-16,18-20,22,29-30,32-36H,7-10,12-14H2,1-6H3. The molecule has 11 unspecified atom stereocenters. The van der Waals surface area contributed by atoms with Gasteiger partial charge in [-0.05, 0) is 88.7 Å². The monoisotopic (exact) mass is 510 g/mol. The van der Waals surface area contributed by atoms with Gasteiger partial charge in [-0.3, -0.25) is 4.79 Å². The maximum Gasteiger partial charge on any atom is 0.187 e.